The van der Waals surface area contributed by atoms with Crippen LogP contribution in [-0.4, -0.2) is 11.1 Å². The molecule has 2 N–H and O–H groups in total. The van der Waals surface area contributed by atoms with Crippen molar-refractivity contribution in [2.45, 2.75) is 13.1 Å². The van der Waals surface area contributed by atoms with E-state index in [0.29, 0.717) is 6.07 Å². The monoisotopic (exact) mass is 297 g/mol. The van der Waals surface area contributed by atoms with Gasteiger partial charge in [0.15, 0.2) is 0 Å². The molecule has 1 aromatic carbocycles. The van der Waals surface area contributed by atoms with Crippen LogP contribution >= 0.6 is 15.9 Å². The van der Waals surface area contributed by atoms with Gasteiger partial charge in [-0.2, -0.15) is 13.2 Å². The quantitative estimate of drug-likeness (QED) is 0.618. The van der Waals surface area contributed by atoms with Crippen molar-refractivity contribution in [2.75, 3.05) is 0 Å². The standard InChI is InChI=1S/C9H7BrF3NO2/c1-4-2-5(8(15)14-16)3-6(7(4)10)9(11,12)13/h2-3,16H,1H3,(H,14,15). The highest BCUT2D eigenvalue weighted by atomic mass is 79.9. The first kappa shape index (κ1) is 13.0. The molecule has 0 aromatic heterocycles. The van der Waals surface area contributed by atoms with Crippen LogP contribution in [0, 0.1) is 6.92 Å². The molecular formula is C9H7BrF3NO2. The predicted molar refractivity (Wildman–Crippen MR) is 53.1 cm³/mol. The van der Waals surface area contributed by atoms with Crippen molar-refractivity contribution in [1.82, 2.24) is 5.48 Å². The highest BCUT2D eigenvalue weighted by molar-refractivity contribution is 9.10. The highest BCUT2D eigenvalue weighted by Crippen LogP contribution is 2.37. The molecule has 0 spiro atoms. The maximum absolute atomic E-state index is 12.6. The van der Waals surface area contributed by atoms with Crippen molar-refractivity contribution in [2.24, 2.45) is 0 Å². The third-order valence-electron chi connectivity index (χ3n) is 1.92. The van der Waals surface area contributed by atoms with E-state index in [4.69, 9.17) is 5.21 Å². The Morgan fingerprint density at radius 1 is 1.44 bits per heavy atom. The average molecular weight is 298 g/mol. The first-order valence-corrected chi connectivity index (χ1v) is 4.88. The van der Waals surface area contributed by atoms with E-state index in [2.05, 4.69) is 15.9 Å². The van der Waals surface area contributed by atoms with E-state index >= 15 is 0 Å². The number of amides is 1. The first-order chi connectivity index (χ1) is 7.27. The Hall–Kier alpha value is -1.08. The van der Waals surface area contributed by atoms with Gasteiger partial charge in [-0.3, -0.25) is 10.0 Å². The van der Waals surface area contributed by atoms with Crippen LogP contribution in [-0.2, 0) is 6.18 Å². The summed E-state index contributed by atoms with van der Waals surface area (Å²) in [5.74, 6) is -0.985. The van der Waals surface area contributed by atoms with E-state index in [1.54, 1.807) is 0 Å². The second-order valence-electron chi connectivity index (χ2n) is 3.09. The fraction of sp³-hybridized carbons (Fsp3) is 0.222. The molecule has 0 aliphatic carbocycles. The van der Waals surface area contributed by atoms with Crippen LogP contribution < -0.4 is 5.48 Å². The third kappa shape index (κ3) is 2.53. The maximum Gasteiger partial charge on any atom is 0.417 e. The SMILES string of the molecule is Cc1cc(C(=O)NO)cc(C(F)(F)F)c1Br. The molecule has 0 saturated carbocycles. The van der Waals surface area contributed by atoms with Gasteiger partial charge in [-0.25, -0.2) is 5.48 Å². The van der Waals surface area contributed by atoms with Gasteiger partial charge in [-0.05, 0) is 40.5 Å². The third-order valence-corrected chi connectivity index (χ3v) is 2.98. The number of halogens is 4. The summed E-state index contributed by atoms with van der Waals surface area (Å²) in [5, 5.41) is 8.35. The van der Waals surface area contributed by atoms with Crippen LogP contribution in [0.2, 0.25) is 0 Å². The van der Waals surface area contributed by atoms with Crippen LogP contribution in [0.4, 0.5) is 13.2 Å². The highest BCUT2D eigenvalue weighted by Gasteiger charge is 2.34. The number of hydrogen-bond acceptors (Lipinski definition) is 2. The Bertz CT molecular complexity index is 431. The number of benzene rings is 1. The topological polar surface area (TPSA) is 49.3 Å². The second kappa shape index (κ2) is 4.42. The largest absolute Gasteiger partial charge is 0.417 e. The number of carbonyl (C=O) groups is 1. The zero-order valence-corrected chi connectivity index (χ0v) is 9.61. The number of hydrogen-bond donors (Lipinski definition) is 2. The number of alkyl halides is 3. The summed E-state index contributed by atoms with van der Waals surface area (Å²) < 4.78 is 37.5. The molecule has 0 saturated heterocycles. The van der Waals surface area contributed by atoms with E-state index in [9.17, 15) is 18.0 Å². The normalized spacial score (nSPS) is 11.4. The molecule has 0 radical (unpaired) electrons. The lowest BCUT2D eigenvalue weighted by Crippen LogP contribution is -2.20. The molecular weight excluding hydrogens is 291 g/mol. The van der Waals surface area contributed by atoms with Gasteiger partial charge in [0, 0.05) is 10.0 Å². The van der Waals surface area contributed by atoms with Crippen LogP contribution in [0.3, 0.4) is 0 Å². The Labute approximate surface area is 97.4 Å². The Morgan fingerprint density at radius 2 is 2.00 bits per heavy atom. The zero-order chi connectivity index (χ0) is 12.5. The van der Waals surface area contributed by atoms with E-state index in [-0.39, 0.29) is 15.6 Å². The molecule has 0 aliphatic heterocycles. The average Bonchev–Trinajstić information content (AvgIpc) is 2.18. The number of nitrogens with one attached hydrogen (secondary N) is 1. The Morgan fingerprint density at radius 3 is 2.44 bits per heavy atom. The predicted octanol–water partition coefficient (Wildman–Crippen LogP) is 2.90. The summed E-state index contributed by atoms with van der Waals surface area (Å²) >= 11 is 2.81. The lowest BCUT2D eigenvalue weighted by atomic mass is 10.1. The zero-order valence-electron chi connectivity index (χ0n) is 8.02. The van der Waals surface area contributed by atoms with Crippen molar-refractivity contribution in [1.29, 1.82) is 0 Å². The molecule has 0 aliphatic rings. The Balaban J connectivity index is 3.39. The summed E-state index contributed by atoms with van der Waals surface area (Å²) in [4.78, 5) is 11.0. The minimum Gasteiger partial charge on any atom is -0.288 e. The van der Waals surface area contributed by atoms with Gasteiger partial charge in [-0.1, -0.05) is 0 Å². The van der Waals surface area contributed by atoms with Crippen molar-refractivity contribution in [3.8, 4) is 0 Å². The first-order valence-electron chi connectivity index (χ1n) is 4.09. The van der Waals surface area contributed by atoms with Crippen molar-refractivity contribution < 1.29 is 23.2 Å². The lowest BCUT2D eigenvalue weighted by Gasteiger charge is -2.12. The summed E-state index contributed by atoms with van der Waals surface area (Å²) in [5.41, 5.74) is 0.336. The van der Waals surface area contributed by atoms with Gasteiger partial charge in [0.2, 0.25) is 0 Å². The van der Waals surface area contributed by atoms with Gasteiger partial charge in [0.05, 0.1) is 5.56 Å². The molecule has 0 atom stereocenters. The summed E-state index contributed by atoms with van der Waals surface area (Å²) in [7, 11) is 0. The summed E-state index contributed by atoms with van der Waals surface area (Å²) in [6.07, 6.45) is -4.56. The van der Waals surface area contributed by atoms with E-state index in [0.717, 1.165) is 0 Å². The van der Waals surface area contributed by atoms with Gasteiger partial charge >= 0.3 is 6.18 Å². The number of aryl methyl sites for hydroxylation is 1. The molecule has 0 fully saturated rings. The van der Waals surface area contributed by atoms with Gasteiger partial charge in [0.25, 0.3) is 5.91 Å². The molecule has 1 rings (SSSR count). The van der Waals surface area contributed by atoms with Crippen LogP contribution in [0.25, 0.3) is 0 Å². The van der Waals surface area contributed by atoms with Gasteiger partial charge in [-0.15, -0.1) is 0 Å². The van der Waals surface area contributed by atoms with Gasteiger partial charge in [0.1, 0.15) is 0 Å². The molecule has 0 heterocycles. The van der Waals surface area contributed by atoms with Crippen molar-refractivity contribution in [3.05, 3.63) is 33.3 Å². The summed E-state index contributed by atoms with van der Waals surface area (Å²) in [6, 6.07) is 1.91. The number of rotatable bonds is 1. The molecule has 88 valence electrons. The molecule has 0 bridgehead atoms. The smallest absolute Gasteiger partial charge is 0.288 e. The van der Waals surface area contributed by atoms with Crippen LogP contribution in [0.1, 0.15) is 21.5 Å². The Kier molecular flexibility index (Phi) is 3.59. The molecule has 0 unspecified atom stereocenters. The fourth-order valence-corrected chi connectivity index (χ4v) is 1.63. The summed E-state index contributed by atoms with van der Waals surface area (Å²) in [6.45, 7) is 1.42. The van der Waals surface area contributed by atoms with E-state index in [1.807, 2.05) is 0 Å². The van der Waals surface area contributed by atoms with Crippen LogP contribution in [0.15, 0.2) is 16.6 Å². The van der Waals surface area contributed by atoms with E-state index in [1.165, 1.54) is 18.5 Å². The minimum atomic E-state index is -4.56. The van der Waals surface area contributed by atoms with E-state index < -0.39 is 17.6 Å². The molecule has 7 heteroatoms. The number of hydroxylamine groups is 1. The molecule has 3 nitrogen and oxygen atoms in total. The molecule has 16 heavy (non-hydrogen) atoms. The number of carbonyl (C=O) groups excluding carboxylic acids is 1. The fourth-order valence-electron chi connectivity index (χ4n) is 1.17. The maximum atomic E-state index is 12.6. The second-order valence-corrected chi connectivity index (χ2v) is 3.89. The van der Waals surface area contributed by atoms with Gasteiger partial charge < -0.3 is 0 Å². The minimum absolute atomic E-state index is 0.116. The van der Waals surface area contributed by atoms with Crippen LogP contribution in [0.5, 0.6) is 0 Å². The molecule has 1 amide bonds. The van der Waals surface area contributed by atoms with Crippen molar-refractivity contribution in [3.63, 3.8) is 0 Å². The molecule has 1 aromatic rings. The lowest BCUT2D eigenvalue weighted by molar-refractivity contribution is -0.138. The van der Waals surface area contributed by atoms with Crippen molar-refractivity contribution >= 4 is 21.8 Å².